The molecule has 0 radical (unpaired) electrons. The van der Waals surface area contributed by atoms with Gasteiger partial charge in [-0.3, -0.25) is 9.35 Å². The molecule has 2 rings (SSSR count). The zero-order valence-electron chi connectivity index (χ0n) is 14.8. The van der Waals surface area contributed by atoms with E-state index in [9.17, 15) is 13.2 Å². The highest BCUT2D eigenvalue weighted by atomic mass is 32.2. The van der Waals surface area contributed by atoms with Crippen molar-refractivity contribution < 1.29 is 27.2 Å². The first-order valence-electron chi connectivity index (χ1n) is 8.17. The monoisotopic (exact) mass is 373 g/mol. The van der Waals surface area contributed by atoms with Crippen molar-refractivity contribution >= 4 is 16.1 Å². The molecule has 1 saturated heterocycles. The molecule has 0 saturated carbocycles. The smallest absolute Gasteiger partial charge is 0.323 e. The van der Waals surface area contributed by atoms with E-state index >= 15 is 0 Å². The molecule has 8 heteroatoms. The number of nitrogens with two attached hydrogens (primary N) is 1. The van der Waals surface area contributed by atoms with Crippen molar-refractivity contribution in [3.05, 3.63) is 29.8 Å². The van der Waals surface area contributed by atoms with Crippen LogP contribution >= 0.6 is 0 Å². The Morgan fingerprint density at radius 1 is 1.36 bits per heavy atom. The first-order chi connectivity index (χ1) is 11.6. The summed E-state index contributed by atoms with van der Waals surface area (Å²) in [5, 5.41) is 0. The quantitative estimate of drug-likeness (QED) is 0.598. The summed E-state index contributed by atoms with van der Waals surface area (Å²) in [6.07, 6.45) is 1.38. The SMILES string of the molecule is CC(C)CC(N)C(=O)OC1CCOC1.Cc1ccc(S(=O)(=O)O)cc1. The summed E-state index contributed by atoms with van der Waals surface area (Å²) in [6.45, 7) is 7.10. The van der Waals surface area contributed by atoms with Crippen molar-refractivity contribution in [1.82, 2.24) is 0 Å². The molecular formula is C17H27NO6S. The largest absolute Gasteiger partial charge is 0.459 e. The van der Waals surface area contributed by atoms with Gasteiger partial charge in [0.2, 0.25) is 0 Å². The number of hydrogen-bond acceptors (Lipinski definition) is 6. The molecule has 0 aliphatic carbocycles. The van der Waals surface area contributed by atoms with Crippen LogP contribution in [0.5, 0.6) is 0 Å². The Hall–Kier alpha value is -1.48. The summed E-state index contributed by atoms with van der Waals surface area (Å²) in [4.78, 5) is 11.4. The Balaban J connectivity index is 0.000000257. The molecule has 1 aliphatic heterocycles. The lowest BCUT2D eigenvalue weighted by molar-refractivity contribution is -0.151. The number of benzene rings is 1. The summed E-state index contributed by atoms with van der Waals surface area (Å²) >= 11 is 0. The highest BCUT2D eigenvalue weighted by Gasteiger charge is 2.23. The second kappa shape index (κ2) is 9.86. The highest BCUT2D eigenvalue weighted by Crippen LogP contribution is 2.11. The molecule has 0 aromatic heterocycles. The van der Waals surface area contributed by atoms with E-state index in [4.69, 9.17) is 19.8 Å². The number of ether oxygens (including phenoxy) is 2. The van der Waals surface area contributed by atoms with Crippen LogP contribution in [0.15, 0.2) is 29.2 Å². The third-order valence-corrected chi connectivity index (χ3v) is 4.39. The maximum absolute atomic E-state index is 11.4. The van der Waals surface area contributed by atoms with Crippen LogP contribution < -0.4 is 5.73 Å². The molecule has 1 heterocycles. The lowest BCUT2D eigenvalue weighted by Gasteiger charge is -2.16. The molecule has 2 atom stereocenters. The number of carbonyl (C=O) groups is 1. The van der Waals surface area contributed by atoms with E-state index in [1.807, 2.05) is 20.8 Å². The van der Waals surface area contributed by atoms with Crippen LogP contribution in [0.2, 0.25) is 0 Å². The maximum Gasteiger partial charge on any atom is 0.323 e. The summed E-state index contributed by atoms with van der Waals surface area (Å²) in [7, 11) is -4.02. The van der Waals surface area contributed by atoms with E-state index in [1.54, 1.807) is 12.1 Å². The number of esters is 1. The summed E-state index contributed by atoms with van der Waals surface area (Å²) in [5.41, 5.74) is 6.64. The van der Waals surface area contributed by atoms with E-state index in [1.165, 1.54) is 12.1 Å². The number of rotatable bonds is 5. The molecule has 2 unspecified atom stereocenters. The second-order valence-electron chi connectivity index (χ2n) is 6.45. The van der Waals surface area contributed by atoms with Gasteiger partial charge in [0.05, 0.1) is 18.1 Å². The van der Waals surface area contributed by atoms with E-state index < -0.39 is 16.2 Å². The molecular weight excluding hydrogens is 346 g/mol. The number of aryl methyl sites for hydroxylation is 1. The molecule has 1 aromatic carbocycles. The summed E-state index contributed by atoms with van der Waals surface area (Å²) in [5.74, 6) is 0.117. The highest BCUT2D eigenvalue weighted by molar-refractivity contribution is 7.85. The van der Waals surface area contributed by atoms with Gasteiger partial charge in [0.25, 0.3) is 10.1 Å². The van der Waals surface area contributed by atoms with Gasteiger partial charge in [0.1, 0.15) is 12.1 Å². The number of carbonyl (C=O) groups excluding carboxylic acids is 1. The van der Waals surface area contributed by atoms with Crippen LogP contribution in [0.4, 0.5) is 0 Å². The van der Waals surface area contributed by atoms with E-state index in [0.29, 0.717) is 25.6 Å². The lowest BCUT2D eigenvalue weighted by Crippen LogP contribution is -2.36. The van der Waals surface area contributed by atoms with Gasteiger partial charge in [-0.25, -0.2) is 0 Å². The van der Waals surface area contributed by atoms with Crippen molar-refractivity contribution in [2.75, 3.05) is 13.2 Å². The van der Waals surface area contributed by atoms with Crippen LogP contribution in [0.1, 0.15) is 32.3 Å². The van der Waals surface area contributed by atoms with Gasteiger partial charge in [-0.2, -0.15) is 8.42 Å². The van der Waals surface area contributed by atoms with Gasteiger partial charge < -0.3 is 15.2 Å². The minimum Gasteiger partial charge on any atom is -0.459 e. The molecule has 0 spiro atoms. The van der Waals surface area contributed by atoms with Crippen LogP contribution in [0.25, 0.3) is 0 Å². The van der Waals surface area contributed by atoms with Crippen molar-refractivity contribution in [2.24, 2.45) is 11.7 Å². The molecule has 7 nitrogen and oxygen atoms in total. The van der Waals surface area contributed by atoms with Gasteiger partial charge in [-0.1, -0.05) is 31.5 Å². The standard InChI is InChI=1S/C10H19NO3.C7H8O3S/c1-7(2)5-9(11)10(12)14-8-3-4-13-6-8;1-6-2-4-7(5-3-6)11(8,9)10/h7-9H,3-6,11H2,1-2H3;2-5H,1H3,(H,8,9,10). The van der Waals surface area contributed by atoms with Crippen molar-refractivity contribution in [2.45, 2.75) is 50.7 Å². The minimum absolute atomic E-state index is 0.0666. The first-order valence-corrected chi connectivity index (χ1v) is 9.61. The molecule has 25 heavy (non-hydrogen) atoms. The minimum atomic E-state index is -4.02. The maximum atomic E-state index is 11.4. The Kier molecular flexibility index (Phi) is 8.51. The van der Waals surface area contributed by atoms with E-state index in [0.717, 1.165) is 12.0 Å². The van der Waals surface area contributed by atoms with Gasteiger partial charge in [0.15, 0.2) is 0 Å². The zero-order chi connectivity index (χ0) is 19.0. The van der Waals surface area contributed by atoms with Gasteiger partial charge in [0, 0.05) is 6.42 Å². The molecule has 1 aliphatic rings. The van der Waals surface area contributed by atoms with Gasteiger partial charge >= 0.3 is 5.97 Å². The number of hydrogen-bond donors (Lipinski definition) is 2. The fourth-order valence-electron chi connectivity index (χ4n) is 2.17. The lowest BCUT2D eigenvalue weighted by atomic mass is 10.0. The van der Waals surface area contributed by atoms with Crippen molar-refractivity contribution in [3.8, 4) is 0 Å². The third kappa shape index (κ3) is 8.44. The van der Waals surface area contributed by atoms with E-state index in [-0.39, 0.29) is 17.0 Å². The molecule has 1 aromatic rings. The van der Waals surface area contributed by atoms with Gasteiger partial charge in [-0.05, 0) is 31.4 Å². The Labute approximate surface area is 149 Å². The van der Waals surface area contributed by atoms with Crippen molar-refractivity contribution in [1.29, 1.82) is 0 Å². The summed E-state index contributed by atoms with van der Waals surface area (Å²) in [6, 6.07) is 5.50. The fourth-order valence-corrected chi connectivity index (χ4v) is 2.65. The molecule has 0 bridgehead atoms. The zero-order valence-corrected chi connectivity index (χ0v) is 15.7. The molecule has 0 amide bonds. The first kappa shape index (κ1) is 21.6. The van der Waals surface area contributed by atoms with Gasteiger partial charge in [-0.15, -0.1) is 0 Å². The average molecular weight is 373 g/mol. The topological polar surface area (TPSA) is 116 Å². The van der Waals surface area contributed by atoms with Crippen LogP contribution in [-0.2, 0) is 24.4 Å². The predicted molar refractivity (Wildman–Crippen MR) is 93.7 cm³/mol. The third-order valence-electron chi connectivity index (χ3n) is 3.52. The Bertz CT molecular complexity index is 636. The Morgan fingerprint density at radius 2 is 1.96 bits per heavy atom. The van der Waals surface area contributed by atoms with Crippen LogP contribution in [0, 0.1) is 12.8 Å². The van der Waals surface area contributed by atoms with E-state index in [2.05, 4.69) is 0 Å². The molecule has 142 valence electrons. The fraction of sp³-hybridized carbons (Fsp3) is 0.588. The molecule has 1 fully saturated rings. The average Bonchev–Trinajstić information content (AvgIpc) is 2.99. The predicted octanol–water partition coefficient (Wildman–Crippen LogP) is 1.93. The second-order valence-corrected chi connectivity index (χ2v) is 7.87. The Morgan fingerprint density at radius 3 is 2.40 bits per heavy atom. The van der Waals surface area contributed by atoms with Crippen LogP contribution in [-0.4, -0.2) is 44.3 Å². The van der Waals surface area contributed by atoms with Crippen LogP contribution in [0.3, 0.4) is 0 Å². The molecule has 3 N–H and O–H groups in total. The summed E-state index contributed by atoms with van der Waals surface area (Å²) < 4.78 is 39.8. The van der Waals surface area contributed by atoms with Crippen molar-refractivity contribution in [3.63, 3.8) is 0 Å². The normalized spacial score (nSPS) is 18.4.